The molecule has 0 bridgehead atoms. The Morgan fingerprint density at radius 1 is 1.29 bits per heavy atom. The number of nitrogens with zero attached hydrogens (tertiary/aromatic N) is 1. The van der Waals surface area contributed by atoms with Gasteiger partial charge in [-0.1, -0.05) is 13.8 Å². The molecule has 1 aliphatic carbocycles. The molecule has 1 aromatic carbocycles. The monoisotopic (exact) mass is 470 g/mol. The Kier molecular flexibility index (Phi) is 6.49. The Hall–Kier alpha value is -1.41. The number of halogens is 1. The van der Waals surface area contributed by atoms with E-state index in [1.54, 1.807) is 17.0 Å². The van der Waals surface area contributed by atoms with Crippen molar-refractivity contribution in [3.05, 3.63) is 22.2 Å². The van der Waals surface area contributed by atoms with Crippen molar-refractivity contribution in [3.8, 4) is 0 Å². The van der Waals surface area contributed by atoms with Gasteiger partial charge >= 0.3 is 0 Å². The number of hydrogen-bond acceptors (Lipinski definition) is 4. The van der Waals surface area contributed by atoms with Crippen molar-refractivity contribution in [2.75, 3.05) is 23.7 Å². The number of carbonyl (C=O) groups is 2. The lowest BCUT2D eigenvalue weighted by Crippen LogP contribution is -2.30. The second-order valence-electron chi connectivity index (χ2n) is 8.03. The second kappa shape index (κ2) is 8.53. The predicted octanol–water partition coefficient (Wildman–Crippen LogP) is 3.07. The third-order valence-electron chi connectivity index (χ3n) is 5.20. The molecule has 0 atom stereocenters. The summed E-state index contributed by atoms with van der Waals surface area (Å²) in [7, 11) is -3.65. The van der Waals surface area contributed by atoms with Crippen LogP contribution >= 0.6 is 15.9 Å². The van der Waals surface area contributed by atoms with Gasteiger partial charge in [-0.3, -0.25) is 9.59 Å². The Morgan fingerprint density at radius 2 is 2.00 bits per heavy atom. The summed E-state index contributed by atoms with van der Waals surface area (Å²) in [4.78, 5) is 26.3. The van der Waals surface area contributed by atoms with Gasteiger partial charge in [0.05, 0.1) is 10.6 Å². The standard InChI is InChI=1S/C20H27BrN2O4S/c1-13(2)5-8-22-19(24)7-10-28(26,27)18-12-17-15(11-16(18)21)6-9-23(17)20(25)14-3-4-14/h11-14H,3-10H2,1-2H3,(H,22,24). The average molecular weight is 471 g/mol. The minimum absolute atomic E-state index is 0.0747. The first-order chi connectivity index (χ1) is 13.2. The van der Waals surface area contributed by atoms with Crippen LogP contribution in [0.3, 0.4) is 0 Å². The molecule has 0 aromatic heterocycles. The highest BCUT2D eigenvalue weighted by Gasteiger charge is 2.37. The fraction of sp³-hybridized carbons (Fsp3) is 0.600. The van der Waals surface area contributed by atoms with Crippen LogP contribution in [0.15, 0.2) is 21.5 Å². The van der Waals surface area contributed by atoms with Gasteiger partial charge in [-0.05, 0) is 65.2 Å². The summed E-state index contributed by atoms with van der Waals surface area (Å²) in [5.41, 5.74) is 1.67. The first-order valence-corrected chi connectivity index (χ1v) is 12.3. The Bertz CT molecular complexity index is 878. The zero-order valence-electron chi connectivity index (χ0n) is 16.3. The van der Waals surface area contributed by atoms with Crippen molar-refractivity contribution in [1.29, 1.82) is 0 Å². The highest BCUT2D eigenvalue weighted by Crippen LogP contribution is 2.39. The van der Waals surface area contributed by atoms with Gasteiger partial charge in [-0.15, -0.1) is 0 Å². The van der Waals surface area contributed by atoms with E-state index in [0.717, 1.165) is 31.2 Å². The van der Waals surface area contributed by atoms with E-state index in [2.05, 4.69) is 35.1 Å². The number of anilines is 1. The highest BCUT2D eigenvalue weighted by atomic mass is 79.9. The fourth-order valence-corrected chi connectivity index (χ4v) is 5.78. The smallest absolute Gasteiger partial charge is 0.230 e. The summed E-state index contributed by atoms with van der Waals surface area (Å²) in [6.07, 6.45) is 3.34. The summed E-state index contributed by atoms with van der Waals surface area (Å²) in [5.74, 6) is 0.145. The maximum atomic E-state index is 12.8. The summed E-state index contributed by atoms with van der Waals surface area (Å²) in [5, 5.41) is 2.77. The molecule has 0 unspecified atom stereocenters. The molecule has 1 aliphatic heterocycles. The normalized spacial score (nSPS) is 16.4. The van der Waals surface area contributed by atoms with Crippen LogP contribution in [0.5, 0.6) is 0 Å². The maximum absolute atomic E-state index is 12.8. The van der Waals surface area contributed by atoms with E-state index in [1.807, 2.05) is 0 Å². The van der Waals surface area contributed by atoms with Gasteiger partial charge in [0, 0.05) is 35.6 Å². The van der Waals surface area contributed by atoms with Crippen LogP contribution in [0.25, 0.3) is 0 Å². The molecule has 1 aromatic rings. The van der Waals surface area contributed by atoms with Crippen molar-refractivity contribution in [3.63, 3.8) is 0 Å². The molecule has 1 saturated carbocycles. The van der Waals surface area contributed by atoms with Gasteiger partial charge in [0.15, 0.2) is 9.84 Å². The molecule has 2 amide bonds. The summed E-state index contributed by atoms with van der Waals surface area (Å²) < 4.78 is 26.2. The molecule has 0 radical (unpaired) electrons. The summed E-state index contributed by atoms with van der Waals surface area (Å²) in [6.45, 7) is 5.29. The third-order valence-corrected chi connectivity index (χ3v) is 7.87. The van der Waals surface area contributed by atoms with Crippen molar-refractivity contribution >= 4 is 43.3 Å². The van der Waals surface area contributed by atoms with Gasteiger partial charge in [0.1, 0.15) is 0 Å². The Morgan fingerprint density at radius 3 is 2.64 bits per heavy atom. The zero-order chi connectivity index (χ0) is 20.5. The lowest BCUT2D eigenvalue weighted by molar-refractivity contribution is -0.121. The maximum Gasteiger partial charge on any atom is 0.230 e. The Balaban J connectivity index is 1.71. The van der Waals surface area contributed by atoms with Crippen LogP contribution in [0, 0.1) is 11.8 Å². The van der Waals surface area contributed by atoms with Crippen molar-refractivity contribution in [2.45, 2.75) is 50.8 Å². The SMILES string of the molecule is CC(C)CCNC(=O)CCS(=O)(=O)c1cc2c(cc1Br)CCN2C(=O)C1CC1. The van der Waals surface area contributed by atoms with Gasteiger partial charge in [0.2, 0.25) is 11.8 Å². The molecule has 0 saturated heterocycles. The molecule has 28 heavy (non-hydrogen) atoms. The van der Waals surface area contributed by atoms with Crippen LogP contribution in [0.4, 0.5) is 5.69 Å². The average Bonchev–Trinajstić information content (AvgIpc) is 3.39. The lowest BCUT2D eigenvalue weighted by Gasteiger charge is -2.18. The topological polar surface area (TPSA) is 83.6 Å². The molecular weight excluding hydrogens is 444 g/mol. The number of nitrogens with one attached hydrogen (secondary N) is 1. The van der Waals surface area contributed by atoms with Gasteiger partial charge in [-0.2, -0.15) is 0 Å². The molecule has 1 N–H and O–H groups in total. The molecule has 2 aliphatic rings. The number of fused-ring (bicyclic) bond motifs is 1. The van der Waals surface area contributed by atoms with Gasteiger partial charge in [-0.25, -0.2) is 8.42 Å². The summed E-state index contributed by atoms with van der Waals surface area (Å²) in [6, 6.07) is 3.39. The minimum Gasteiger partial charge on any atom is -0.356 e. The fourth-order valence-electron chi connectivity index (χ4n) is 3.33. The van der Waals surface area contributed by atoms with Crippen LogP contribution in [0.1, 0.15) is 45.1 Å². The minimum atomic E-state index is -3.65. The largest absolute Gasteiger partial charge is 0.356 e. The molecule has 8 heteroatoms. The molecule has 6 nitrogen and oxygen atoms in total. The second-order valence-corrected chi connectivity index (χ2v) is 11.0. The number of carbonyl (C=O) groups excluding carboxylic acids is 2. The molecular formula is C20H27BrN2O4S. The lowest BCUT2D eigenvalue weighted by atomic mass is 10.1. The van der Waals surface area contributed by atoms with E-state index < -0.39 is 9.84 Å². The number of amides is 2. The van der Waals surface area contributed by atoms with E-state index in [-0.39, 0.29) is 34.8 Å². The molecule has 1 heterocycles. The van der Waals surface area contributed by atoms with Gasteiger partial charge < -0.3 is 10.2 Å². The number of hydrogen-bond donors (Lipinski definition) is 1. The van der Waals surface area contributed by atoms with Crippen LogP contribution in [-0.4, -0.2) is 39.1 Å². The van der Waals surface area contributed by atoms with E-state index in [1.165, 1.54) is 0 Å². The molecule has 154 valence electrons. The predicted molar refractivity (Wildman–Crippen MR) is 112 cm³/mol. The van der Waals surface area contributed by atoms with E-state index in [9.17, 15) is 18.0 Å². The van der Waals surface area contributed by atoms with E-state index in [4.69, 9.17) is 0 Å². The van der Waals surface area contributed by atoms with Gasteiger partial charge in [0.25, 0.3) is 0 Å². The van der Waals surface area contributed by atoms with Crippen LogP contribution in [-0.2, 0) is 25.8 Å². The first-order valence-electron chi connectivity index (χ1n) is 9.82. The molecule has 1 fully saturated rings. The zero-order valence-corrected chi connectivity index (χ0v) is 18.7. The molecule has 0 spiro atoms. The number of benzene rings is 1. The number of sulfone groups is 1. The summed E-state index contributed by atoms with van der Waals surface area (Å²) >= 11 is 3.37. The van der Waals surface area contributed by atoms with Crippen LogP contribution in [0.2, 0.25) is 0 Å². The van der Waals surface area contributed by atoms with Crippen LogP contribution < -0.4 is 10.2 Å². The van der Waals surface area contributed by atoms with Crippen molar-refractivity contribution < 1.29 is 18.0 Å². The quantitative estimate of drug-likeness (QED) is 0.632. The van der Waals surface area contributed by atoms with E-state index >= 15 is 0 Å². The van der Waals surface area contributed by atoms with Crippen molar-refractivity contribution in [2.24, 2.45) is 11.8 Å². The first kappa shape index (κ1) is 21.3. The molecule has 3 rings (SSSR count). The highest BCUT2D eigenvalue weighted by molar-refractivity contribution is 9.10. The Labute approximate surface area is 175 Å². The third kappa shape index (κ3) is 4.95. The van der Waals surface area contributed by atoms with Crippen molar-refractivity contribution in [1.82, 2.24) is 5.32 Å². The number of rotatable bonds is 8. The van der Waals surface area contributed by atoms with E-state index in [0.29, 0.717) is 29.2 Å².